The fraction of sp³-hybridized carbons (Fsp3) is 0.400. The molecule has 1 aromatic carbocycles. The molecule has 2 aromatic rings. The Morgan fingerprint density at radius 1 is 1.21 bits per heavy atom. The highest BCUT2D eigenvalue weighted by molar-refractivity contribution is 5.88. The zero-order chi connectivity index (χ0) is 16.7. The Hall–Kier alpha value is -2.23. The Bertz CT molecular complexity index is 759. The van der Waals surface area contributed by atoms with Crippen molar-refractivity contribution in [2.45, 2.75) is 43.2 Å². The van der Waals surface area contributed by atoms with Gasteiger partial charge in [-0.3, -0.25) is 4.98 Å². The van der Waals surface area contributed by atoms with Gasteiger partial charge in [-0.1, -0.05) is 30.3 Å². The van der Waals surface area contributed by atoms with Crippen LogP contribution in [0.15, 0.2) is 48.7 Å². The molecule has 2 fully saturated rings. The second-order valence-corrected chi connectivity index (χ2v) is 6.64. The lowest BCUT2D eigenvalue weighted by Crippen LogP contribution is -2.24. The van der Waals surface area contributed by atoms with Crippen molar-refractivity contribution in [3.63, 3.8) is 0 Å². The van der Waals surface area contributed by atoms with Crippen LogP contribution in [0.25, 0.3) is 0 Å². The summed E-state index contributed by atoms with van der Waals surface area (Å²) in [6.07, 6.45) is 4.01. The third-order valence-corrected chi connectivity index (χ3v) is 5.04. The lowest BCUT2D eigenvalue weighted by atomic mass is 10.0. The quantitative estimate of drug-likeness (QED) is 0.777. The molecule has 2 aliphatic carbocycles. The molecule has 0 spiro atoms. The molecule has 24 heavy (non-hydrogen) atoms. The minimum Gasteiger partial charge on any atom is -0.464 e. The summed E-state index contributed by atoms with van der Waals surface area (Å²) in [6.45, 7) is 1.89. The number of aromatic nitrogens is 1. The van der Waals surface area contributed by atoms with Crippen LogP contribution in [-0.4, -0.2) is 23.2 Å². The van der Waals surface area contributed by atoms with Crippen LogP contribution in [-0.2, 0) is 9.53 Å². The predicted octanol–water partition coefficient (Wildman–Crippen LogP) is 4.11. The van der Waals surface area contributed by atoms with Crippen LogP contribution in [0, 0.1) is 0 Å². The third kappa shape index (κ3) is 2.41. The fourth-order valence-corrected chi connectivity index (χ4v) is 3.64. The summed E-state index contributed by atoms with van der Waals surface area (Å²) in [5.74, 6) is -1.25. The van der Waals surface area contributed by atoms with Gasteiger partial charge in [-0.15, -0.1) is 0 Å². The lowest BCUT2D eigenvalue weighted by molar-refractivity contribution is -0.151. The smallest absolute Gasteiger partial charge is 0.345 e. The van der Waals surface area contributed by atoms with Crippen molar-refractivity contribution in [2.24, 2.45) is 0 Å². The second-order valence-electron chi connectivity index (χ2n) is 6.64. The molecule has 124 valence electrons. The van der Waals surface area contributed by atoms with Crippen molar-refractivity contribution >= 4 is 5.97 Å². The molecule has 0 N–H and O–H groups in total. The molecule has 4 rings (SSSR count). The standard InChI is InChI=1S/C20H20FNO2/c1-2-24-19(23)20(21)17(14-6-4-3-5-7-14)18(20)15-10-11-22-16(12-15)13-8-9-13/h3-7,10-13,17-18H,2,8-9H2,1H3/t17-,18-,20-/m1/s1. The normalized spacial score (nSPS) is 28.4. The molecule has 0 aliphatic heterocycles. The van der Waals surface area contributed by atoms with E-state index in [1.807, 2.05) is 42.5 Å². The summed E-state index contributed by atoms with van der Waals surface area (Å²) in [4.78, 5) is 16.7. The summed E-state index contributed by atoms with van der Waals surface area (Å²) >= 11 is 0. The number of hydrogen-bond donors (Lipinski definition) is 0. The van der Waals surface area contributed by atoms with Crippen LogP contribution in [0.4, 0.5) is 4.39 Å². The van der Waals surface area contributed by atoms with Gasteiger partial charge in [-0.05, 0) is 43.0 Å². The number of esters is 1. The first kappa shape index (κ1) is 15.3. The van der Waals surface area contributed by atoms with Crippen LogP contribution in [0.1, 0.15) is 54.3 Å². The molecule has 1 heterocycles. The molecule has 0 radical (unpaired) electrons. The molecule has 4 heteroatoms. The minimum atomic E-state index is -1.99. The number of ether oxygens (including phenoxy) is 1. The van der Waals surface area contributed by atoms with Gasteiger partial charge < -0.3 is 4.74 Å². The number of benzene rings is 1. The largest absolute Gasteiger partial charge is 0.464 e. The number of carbonyl (C=O) groups excluding carboxylic acids is 1. The van der Waals surface area contributed by atoms with E-state index in [0.29, 0.717) is 5.92 Å². The topological polar surface area (TPSA) is 39.2 Å². The summed E-state index contributed by atoms with van der Waals surface area (Å²) in [5, 5.41) is 0. The third-order valence-electron chi connectivity index (χ3n) is 5.04. The lowest BCUT2D eigenvalue weighted by Gasteiger charge is -2.08. The number of rotatable bonds is 5. The van der Waals surface area contributed by atoms with Gasteiger partial charge in [0.1, 0.15) is 0 Å². The van der Waals surface area contributed by atoms with Gasteiger partial charge in [0.05, 0.1) is 6.61 Å². The molecule has 3 atom stereocenters. The summed E-state index contributed by atoms with van der Waals surface area (Å²) in [5.41, 5.74) is 0.705. The van der Waals surface area contributed by atoms with E-state index in [1.54, 1.807) is 13.1 Å². The molecule has 0 saturated heterocycles. The number of alkyl halides is 1. The Kier molecular flexibility index (Phi) is 3.63. The van der Waals surface area contributed by atoms with E-state index in [2.05, 4.69) is 4.98 Å². The molecule has 2 aliphatic rings. The SMILES string of the molecule is CCOC(=O)[C@@]1(F)[C@H](c2ccccc2)[C@H]1c1ccnc(C2CC2)c1. The van der Waals surface area contributed by atoms with Gasteiger partial charge in [0.2, 0.25) is 5.67 Å². The Morgan fingerprint density at radius 2 is 1.92 bits per heavy atom. The first-order valence-corrected chi connectivity index (χ1v) is 8.53. The van der Waals surface area contributed by atoms with E-state index >= 15 is 4.39 Å². The van der Waals surface area contributed by atoms with Gasteiger partial charge in [0, 0.05) is 29.6 Å². The predicted molar refractivity (Wildman–Crippen MR) is 88.6 cm³/mol. The van der Waals surface area contributed by atoms with Crippen LogP contribution in [0.2, 0.25) is 0 Å². The first-order valence-electron chi connectivity index (χ1n) is 8.53. The summed E-state index contributed by atoms with van der Waals surface area (Å²) in [6, 6.07) is 13.2. The average molecular weight is 325 g/mol. The minimum absolute atomic E-state index is 0.183. The van der Waals surface area contributed by atoms with Gasteiger partial charge in [-0.25, -0.2) is 9.18 Å². The molecular weight excluding hydrogens is 305 g/mol. The zero-order valence-electron chi connectivity index (χ0n) is 13.6. The van der Waals surface area contributed by atoms with Gasteiger partial charge >= 0.3 is 5.97 Å². The maximum atomic E-state index is 15.6. The molecular formula is C20H20FNO2. The van der Waals surface area contributed by atoms with Crippen molar-refractivity contribution in [3.05, 3.63) is 65.5 Å². The zero-order valence-corrected chi connectivity index (χ0v) is 13.6. The van der Waals surface area contributed by atoms with Crippen LogP contribution in [0.3, 0.4) is 0 Å². The number of hydrogen-bond acceptors (Lipinski definition) is 3. The van der Waals surface area contributed by atoms with Gasteiger partial charge in [0.15, 0.2) is 0 Å². The van der Waals surface area contributed by atoms with E-state index in [9.17, 15) is 4.79 Å². The van der Waals surface area contributed by atoms with Gasteiger partial charge in [0.25, 0.3) is 0 Å². The molecule has 0 amide bonds. The van der Waals surface area contributed by atoms with E-state index < -0.39 is 23.5 Å². The number of nitrogens with zero attached hydrogens (tertiary/aromatic N) is 1. The van der Waals surface area contributed by atoms with Crippen LogP contribution in [0.5, 0.6) is 0 Å². The van der Waals surface area contributed by atoms with Crippen molar-refractivity contribution in [3.8, 4) is 0 Å². The van der Waals surface area contributed by atoms with E-state index in [-0.39, 0.29) is 6.61 Å². The van der Waals surface area contributed by atoms with Gasteiger partial charge in [-0.2, -0.15) is 0 Å². The van der Waals surface area contributed by atoms with E-state index in [0.717, 1.165) is 29.7 Å². The summed E-state index contributed by atoms with van der Waals surface area (Å²) in [7, 11) is 0. The molecule has 2 saturated carbocycles. The Morgan fingerprint density at radius 3 is 2.58 bits per heavy atom. The molecule has 0 bridgehead atoms. The average Bonchev–Trinajstić information content (AvgIpc) is 3.51. The molecule has 1 aromatic heterocycles. The molecule has 0 unspecified atom stereocenters. The highest BCUT2D eigenvalue weighted by atomic mass is 19.1. The van der Waals surface area contributed by atoms with Crippen molar-refractivity contribution in [1.82, 2.24) is 4.98 Å². The monoisotopic (exact) mass is 325 g/mol. The second kappa shape index (κ2) is 5.69. The maximum absolute atomic E-state index is 15.6. The first-order chi connectivity index (χ1) is 11.7. The Labute approximate surface area is 140 Å². The highest BCUT2D eigenvalue weighted by Crippen LogP contribution is 2.66. The van der Waals surface area contributed by atoms with Crippen LogP contribution < -0.4 is 0 Å². The maximum Gasteiger partial charge on any atom is 0.345 e. The number of pyridine rings is 1. The Balaban J connectivity index is 1.71. The summed E-state index contributed by atoms with van der Waals surface area (Å²) < 4.78 is 20.7. The van der Waals surface area contributed by atoms with E-state index in [1.165, 1.54) is 0 Å². The molecule has 3 nitrogen and oxygen atoms in total. The number of halogens is 1. The highest BCUT2D eigenvalue weighted by Gasteiger charge is 2.73. The fourth-order valence-electron chi connectivity index (χ4n) is 3.64. The van der Waals surface area contributed by atoms with Crippen molar-refractivity contribution in [1.29, 1.82) is 0 Å². The van der Waals surface area contributed by atoms with Crippen LogP contribution >= 0.6 is 0 Å². The van der Waals surface area contributed by atoms with Crippen molar-refractivity contribution in [2.75, 3.05) is 6.61 Å². The van der Waals surface area contributed by atoms with Crippen molar-refractivity contribution < 1.29 is 13.9 Å². The number of carbonyl (C=O) groups is 1. The van der Waals surface area contributed by atoms with E-state index in [4.69, 9.17) is 4.74 Å².